The van der Waals surface area contributed by atoms with E-state index in [9.17, 15) is 9.59 Å². The summed E-state index contributed by atoms with van der Waals surface area (Å²) in [5, 5.41) is 1.27. The van der Waals surface area contributed by atoms with Gasteiger partial charge in [0.05, 0.1) is 5.54 Å². The molecular formula is C20H24N2O4. The molecule has 6 nitrogen and oxygen atoms in total. The van der Waals surface area contributed by atoms with Crippen LogP contribution >= 0.6 is 0 Å². The van der Waals surface area contributed by atoms with Crippen LogP contribution in [-0.2, 0) is 9.59 Å². The first kappa shape index (κ1) is 19.3. The molecule has 1 N–H and O–H groups in total. The standard InChI is InChI=1S/C20H24N2O4/c1-20(2,3)22(19(24)15-26-17-12-8-5-9-13-17)21-18(23)14-25-16-10-6-4-7-11-16/h4-13H,14-15H2,1-3H3,(H,21,23). The van der Waals surface area contributed by atoms with Gasteiger partial charge < -0.3 is 9.47 Å². The Labute approximate surface area is 153 Å². The Balaban J connectivity index is 1.91. The molecule has 2 aromatic rings. The van der Waals surface area contributed by atoms with E-state index in [1.165, 1.54) is 5.01 Å². The quantitative estimate of drug-likeness (QED) is 0.808. The minimum absolute atomic E-state index is 0.179. The molecule has 0 radical (unpaired) electrons. The lowest BCUT2D eigenvalue weighted by Crippen LogP contribution is -2.58. The minimum Gasteiger partial charge on any atom is -0.484 e. The second kappa shape index (κ2) is 8.89. The Bertz CT molecular complexity index is 712. The molecule has 138 valence electrons. The van der Waals surface area contributed by atoms with Crippen LogP contribution in [0.1, 0.15) is 20.8 Å². The van der Waals surface area contributed by atoms with Crippen LogP contribution in [0.3, 0.4) is 0 Å². The van der Waals surface area contributed by atoms with Crippen LogP contribution in [0, 0.1) is 0 Å². The van der Waals surface area contributed by atoms with Crippen molar-refractivity contribution in [2.45, 2.75) is 26.3 Å². The zero-order valence-electron chi connectivity index (χ0n) is 15.3. The van der Waals surface area contributed by atoms with Crippen molar-refractivity contribution >= 4 is 11.8 Å². The van der Waals surface area contributed by atoms with Gasteiger partial charge in [0.1, 0.15) is 11.5 Å². The van der Waals surface area contributed by atoms with Crippen molar-refractivity contribution in [3.63, 3.8) is 0 Å². The van der Waals surface area contributed by atoms with Crippen LogP contribution in [0.25, 0.3) is 0 Å². The molecule has 6 heteroatoms. The normalized spacial score (nSPS) is 10.7. The second-order valence-corrected chi connectivity index (χ2v) is 6.64. The number of ether oxygens (including phenoxy) is 2. The third-order valence-corrected chi connectivity index (χ3v) is 3.38. The third-order valence-electron chi connectivity index (χ3n) is 3.38. The van der Waals surface area contributed by atoms with Crippen LogP contribution in [0.4, 0.5) is 0 Å². The number of para-hydroxylation sites is 2. The van der Waals surface area contributed by atoms with Gasteiger partial charge in [-0.1, -0.05) is 36.4 Å². The molecule has 0 spiro atoms. The highest BCUT2D eigenvalue weighted by Crippen LogP contribution is 2.13. The molecule has 0 unspecified atom stereocenters. The number of nitrogens with one attached hydrogen (secondary N) is 1. The summed E-state index contributed by atoms with van der Waals surface area (Å²) in [7, 11) is 0. The fourth-order valence-electron chi connectivity index (χ4n) is 2.15. The fourth-order valence-corrected chi connectivity index (χ4v) is 2.15. The highest BCUT2D eigenvalue weighted by atomic mass is 16.5. The summed E-state index contributed by atoms with van der Waals surface area (Å²) in [5.74, 6) is 0.406. The molecule has 2 amide bonds. The van der Waals surface area contributed by atoms with E-state index in [0.717, 1.165) is 0 Å². The first-order valence-corrected chi connectivity index (χ1v) is 8.34. The first-order valence-electron chi connectivity index (χ1n) is 8.34. The summed E-state index contributed by atoms with van der Waals surface area (Å²) in [6.07, 6.45) is 0. The van der Waals surface area contributed by atoms with Crippen molar-refractivity contribution in [1.29, 1.82) is 0 Å². The molecular weight excluding hydrogens is 332 g/mol. The molecule has 0 atom stereocenters. The van der Waals surface area contributed by atoms with Crippen molar-refractivity contribution in [2.24, 2.45) is 0 Å². The molecule has 0 saturated heterocycles. The van der Waals surface area contributed by atoms with Gasteiger partial charge in [0.25, 0.3) is 11.8 Å². The number of hydrogen-bond donors (Lipinski definition) is 1. The van der Waals surface area contributed by atoms with Crippen molar-refractivity contribution in [3.8, 4) is 11.5 Å². The topological polar surface area (TPSA) is 67.9 Å². The maximum Gasteiger partial charge on any atom is 0.279 e. The van der Waals surface area contributed by atoms with E-state index in [0.29, 0.717) is 11.5 Å². The molecule has 0 aliphatic carbocycles. The molecule has 26 heavy (non-hydrogen) atoms. The van der Waals surface area contributed by atoms with Crippen molar-refractivity contribution in [3.05, 3.63) is 60.7 Å². The van der Waals surface area contributed by atoms with Gasteiger partial charge >= 0.3 is 0 Å². The van der Waals surface area contributed by atoms with Gasteiger partial charge in [-0.3, -0.25) is 15.0 Å². The van der Waals surface area contributed by atoms with Crippen LogP contribution in [0.15, 0.2) is 60.7 Å². The number of carbonyl (C=O) groups excluding carboxylic acids is 2. The highest BCUT2D eigenvalue weighted by Gasteiger charge is 2.28. The third kappa shape index (κ3) is 6.12. The molecule has 0 aliphatic rings. The summed E-state index contributed by atoms with van der Waals surface area (Å²) in [6.45, 7) is 5.10. The van der Waals surface area contributed by atoms with E-state index < -0.39 is 11.4 Å². The Morgan fingerprint density at radius 2 is 1.31 bits per heavy atom. The second-order valence-electron chi connectivity index (χ2n) is 6.64. The average Bonchev–Trinajstić information content (AvgIpc) is 2.63. The zero-order valence-corrected chi connectivity index (χ0v) is 15.3. The van der Waals surface area contributed by atoms with Gasteiger partial charge in [-0.05, 0) is 45.0 Å². The number of rotatable bonds is 6. The van der Waals surface area contributed by atoms with Gasteiger partial charge in [-0.15, -0.1) is 0 Å². The first-order chi connectivity index (χ1) is 12.4. The van der Waals surface area contributed by atoms with Gasteiger partial charge in [0.2, 0.25) is 0 Å². The molecule has 0 bridgehead atoms. The van der Waals surface area contributed by atoms with Gasteiger partial charge in [0.15, 0.2) is 13.2 Å². The highest BCUT2D eigenvalue weighted by molar-refractivity contribution is 5.84. The van der Waals surface area contributed by atoms with Crippen molar-refractivity contribution in [1.82, 2.24) is 10.4 Å². The lowest BCUT2D eigenvalue weighted by Gasteiger charge is -2.35. The zero-order chi connectivity index (χ0) is 19.0. The van der Waals surface area contributed by atoms with Gasteiger partial charge in [-0.2, -0.15) is 0 Å². The molecule has 0 fully saturated rings. The molecule has 0 aliphatic heterocycles. The molecule has 0 saturated carbocycles. The maximum atomic E-state index is 12.5. The number of hydrogen-bond acceptors (Lipinski definition) is 4. The largest absolute Gasteiger partial charge is 0.484 e. The summed E-state index contributed by atoms with van der Waals surface area (Å²) in [5.41, 5.74) is 1.99. The fraction of sp³-hybridized carbons (Fsp3) is 0.300. The van der Waals surface area contributed by atoms with Crippen LogP contribution in [-0.4, -0.2) is 35.6 Å². The predicted molar refractivity (Wildman–Crippen MR) is 98.6 cm³/mol. The molecule has 0 aromatic heterocycles. The summed E-state index contributed by atoms with van der Waals surface area (Å²) in [4.78, 5) is 24.7. The van der Waals surface area contributed by atoms with E-state index >= 15 is 0 Å². The monoisotopic (exact) mass is 356 g/mol. The minimum atomic E-state index is -0.612. The average molecular weight is 356 g/mol. The van der Waals surface area contributed by atoms with Gasteiger partial charge in [-0.25, -0.2) is 5.01 Å². The molecule has 2 rings (SSSR count). The Morgan fingerprint density at radius 1 is 0.846 bits per heavy atom. The number of nitrogens with zero attached hydrogens (tertiary/aromatic N) is 1. The van der Waals surface area contributed by atoms with Gasteiger partial charge in [0, 0.05) is 0 Å². The van der Waals surface area contributed by atoms with Crippen molar-refractivity contribution < 1.29 is 19.1 Å². The number of hydrazine groups is 1. The molecule has 2 aromatic carbocycles. The smallest absolute Gasteiger partial charge is 0.279 e. The Hall–Kier alpha value is -3.02. The summed E-state index contributed by atoms with van der Waals surface area (Å²) in [6, 6.07) is 18.1. The molecule has 0 heterocycles. The van der Waals surface area contributed by atoms with Crippen molar-refractivity contribution in [2.75, 3.05) is 13.2 Å². The maximum absolute atomic E-state index is 12.5. The van der Waals surface area contributed by atoms with Crippen LogP contribution in [0.2, 0.25) is 0 Å². The predicted octanol–water partition coefficient (Wildman–Crippen LogP) is 2.80. The van der Waals surface area contributed by atoms with E-state index in [1.807, 2.05) is 57.2 Å². The van der Waals surface area contributed by atoms with E-state index in [1.54, 1.807) is 24.3 Å². The van der Waals surface area contributed by atoms with E-state index in [2.05, 4.69) is 5.43 Å². The lowest BCUT2D eigenvalue weighted by atomic mass is 10.1. The number of carbonyl (C=O) groups is 2. The van der Waals surface area contributed by atoms with Crippen LogP contribution < -0.4 is 14.9 Å². The number of amides is 2. The summed E-state index contributed by atoms with van der Waals surface area (Å²) >= 11 is 0. The van der Waals surface area contributed by atoms with E-state index in [4.69, 9.17) is 9.47 Å². The Morgan fingerprint density at radius 3 is 1.77 bits per heavy atom. The SMILES string of the molecule is CC(C)(C)N(NC(=O)COc1ccccc1)C(=O)COc1ccccc1. The lowest BCUT2D eigenvalue weighted by molar-refractivity contribution is -0.150. The van der Waals surface area contributed by atoms with Crippen LogP contribution in [0.5, 0.6) is 11.5 Å². The summed E-state index contributed by atoms with van der Waals surface area (Å²) < 4.78 is 10.9. The van der Waals surface area contributed by atoms with E-state index in [-0.39, 0.29) is 19.1 Å². The Kier molecular flexibility index (Phi) is 6.60. The number of benzene rings is 2.